The van der Waals surface area contributed by atoms with Gasteiger partial charge in [-0.05, 0) is 36.4 Å². The van der Waals surface area contributed by atoms with Gasteiger partial charge in [-0.3, -0.25) is 4.79 Å². The number of thiazole rings is 1. The number of hydrogen-bond donors (Lipinski definition) is 0. The third-order valence-electron chi connectivity index (χ3n) is 5.15. The van der Waals surface area contributed by atoms with Gasteiger partial charge in [-0.15, -0.1) is 0 Å². The first kappa shape index (κ1) is 20.3. The number of hydrogen-bond acceptors (Lipinski definition) is 5. The Morgan fingerprint density at radius 3 is 2.53 bits per heavy atom. The number of aromatic nitrogens is 2. The SMILES string of the molecule is CC(COc1ccccc1)COc1ccccc1/C=c1/sc2nc3ccccc3n2c1=O. The zero-order valence-electron chi connectivity index (χ0n) is 17.6. The standard InChI is InChI=1S/C26H22N2O3S/c1-18(16-30-20-10-3-2-4-11-20)17-31-23-14-8-5-9-19(23)15-24-25(29)28-22-13-7-6-12-21(22)27-26(28)32-24/h2-15,18H,16-17H2,1H3/b24-15+. The molecule has 0 amide bonds. The van der Waals surface area contributed by atoms with Gasteiger partial charge in [0.15, 0.2) is 4.96 Å². The van der Waals surface area contributed by atoms with Gasteiger partial charge < -0.3 is 9.47 Å². The summed E-state index contributed by atoms with van der Waals surface area (Å²) in [6.07, 6.45) is 1.89. The molecule has 0 N–H and O–H groups in total. The molecule has 160 valence electrons. The third-order valence-corrected chi connectivity index (χ3v) is 6.12. The fraction of sp³-hybridized carbons (Fsp3) is 0.154. The summed E-state index contributed by atoms with van der Waals surface area (Å²) in [5, 5.41) is 0. The molecule has 2 aromatic heterocycles. The van der Waals surface area contributed by atoms with E-state index in [2.05, 4.69) is 11.9 Å². The first-order valence-electron chi connectivity index (χ1n) is 10.5. The number of benzene rings is 3. The number of para-hydroxylation sites is 4. The quantitative estimate of drug-likeness (QED) is 0.371. The minimum atomic E-state index is -0.0573. The van der Waals surface area contributed by atoms with Crippen LogP contribution in [-0.4, -0.2) is 22.6 Å². The molecule has 3 aromatic carbocycles. The lowest BCUT2D eigenvalue weighted by Gasteiger charge is -2.15. The van der Waals surface area contributed by atoms with Gasteiger partial charge in [-0.25, -0.2) is 9.38 Å². The summed E-state index contributed by atoms with van der Waals surface area (Å²) in [6.45, 7) is 3.17. The van der Waals surface area contributed by atoms with E-state index in [1.807, 2.05) is 84.9 Å². The predicted molar refractivity (Wildman–Crippen MR) is 129 cm³/mol. The molecule has 0 aliphatic carbocycles. The Morgan fingerprint density at radius 1 is 0.938 bits per heavy atom. The van der Waals surface area contributed by atoms with Gasteiger partial charge in [0.2, 0.25) is 0 Å². The highest BCUT2D eigenvalue weighted by molar-refractivity contribution is 7.15. The van der Waals surface area contributed by atoms with Crippen molar-refractivity contribution in [3.63, 3.8) is 0 Å². The summed E-state index contributed by atoms with van der Waals surface area (Å²) in [5.41, 5.74) is 2.48. The van der Waals surface area contributed by atoms with Crippen LogP contribution >= 0.6 is 11.3 Å². The molecule has 0 radical (unpaired) electrons. The van der Waals surface area contributed by atoms with Crippen LogP contribution in [-0.2, 0) is 0 Å². The van der Waals surface area contributed by atoms with Crippen LogP contribution in [0.5, 0.6) is 11.5 Å². The Morgan fingerprint density at radius 2 is 1.66 bits per heavy atom. The van der Waals surface area contributed by atoms with E-state index in [4.69, 9.17) is 9.47 Å². The maximum atomic E-state index is 13.0. The normalized spacial score (nSPS) is 13.0. The van der Waals surface area contributed by atoms with Crippen molar-refractivity contribution in [3.8, 4) is 11.5 Å². The smallest absolute Gasteiger partial charge is 0.274 e. The molecule has 1 unspecified atom stereocenters. The van der Waals surface area contributed by atoms with E-state index in [0.29, 0.717) is 22.7 Å². The topological polar surface area (TPSA) is 52.8 Å². The molecule has 32 heavy (non-hydrogen) atoms. The monoisotopic (exact) mass is 442 g/mol. The Kier molecular flexibility index (Phi) is 5.60. The van der Waals surface area contributed by atoms with Gasteiger partial charge in [-0.1, -0.05) is 66.8 Å². The fourth-order valence-corrected chi connectivity index (χ4v) is 4.50. The van der Waals surface area contributed by atoms with Gasteiger partial charge in [0, 0.05) is 11.5 Å². The molecule has 0 bridgehead atoms. The minimum Gasteiger partial charge on any atom is -0.493 e. The van der Waals surface area contributed by atoms with Crippen LogP contribution in [0.4, 0.5) is 0 Å². The Hall–Kier alpha value is -3.64. The van der Waals surface area contributed by atoms with Crippen LogP contribution in [0.25, 0.3) is 22.1 Å². The molecule has 5 rings (SSSR count). The van der Waals surface area contributed by atoms with Crippen LogP contribution in [0.15, 0.2) is 83.7 Å². The highest BCUT2D eigenvalue weighted by Gasteiger charge is 2.12. The zero-order valence-corrected chi connectivity index (χ0v) is 18.4. The van der Waals surface area contributed by atoms with Gasteiger partial charge >= 0.3 is 0 Å². The third kappa shape index (κ3) is 4.09. The van der Waals surface area contributed by atoms with Crippen LogP contribution < -0.4 is 19.6 Å². The molecule has 0 saturated carbocycles. The van der Waals surface area contributed by atoms with Crippen molar-refractivity contribution < 1.29 is 9.47 Å². The lowest BCUT2D eigenvalue weighted by atomic mass is 10.2. The van der Waals surface area contributed by atoms with E-state index >= 15 is 0 Å². The molecule has 5 aromatic rings. The molecule has 0 spiro atoms. The molecule has 0 aliphatic rings. The second-order valence-corrected chi connectivity index (χ2v) is 8.72. The number of ether oxygens (including phenoxy) is 2. The Bertz CT molecular complexity index is 1470. The highest BCUT2D eigenvalue weighted by atomic mass is 32.1. The van der Waals surface area contributed by atoms with Crippen molar-refractivity contribution in [3.05, 3.63) is 99.3 Å². The summed E-state index contributed by atoms with van der Waals surface area (Å²) in [6, 6.07) is 25.2. The number of rotatable bonds is 7. The summed E-state index contributed by atoms with van der Waals surface area (Å²) >= 11 is 1.39. The number of fused-ring (bicyclic) bond motifs is 3. The van der Waals surface area contributed by atoms with Gasteiger partial charge in [0.25, 0.3) is 5.56 Å². The van der Waals surface area contributed by atoms with Crippen molar-refractivity contribution in [2.75, 3.05) is 13.2 Å². The van der Waals surface area contributed by atoms with Crippen molar-refractivity contribution in [2.24, 2.45) is 5.92 Å². The lowest BCUT2D eigenvalue weighted by Crippen LogP contribution is -2.22. The van der Waals surface area contributed by atoms with Crippen molar-refractivity contribution in [1.29, 1.82) is 0 Å². The largest absolute Gasteiger partial charge is 0.493 e. The van der Waals surface area contributed by atoms with Crippen molar-refractivity contribution >= 4 is 33.4 Å². The average molecular weight is 443 g/mol. The minimum absolute atomic E-state index is 0.0573. The average Bonchev–Trinajstić information content (AvgIpc) is 3.34. The van der Waals surface area contributed by atoms with Gasteiger partial charge in [0.1, 0.15) is 11.5 Å². The summed E-state index contributed by atoms with van der Waals surface area (Å²) in [5.74, 6) is 1.80. The Balaban J connectivity index is 1.36. The second kappa shape index (κ2) is 8.85. The van der Waals surface area contributed by atoms with Crippen LogP contribution in [0.1, 0.15) is 12.5 Å². The molecule has 5 nitrogen and oxygen atoms in total. The first-order valence-corrected chi connectivity index (χ1v) is 11.3. The molecule has 6 heteroatoms. The fourth-order valence-electron chi connectivity index (χ4n) is 3.52. The second-order valence-electron chi connectivity index (χ2n) is 7.71. The first-order chi connectivity index (χ1) is 15.7. The molecular formula is C26H22N2O3S. The predicted octanol–water partition coefficient (Wildman–Crippen LogP) is 4.55. The number of imidazole rings is 1. The summed E-state index contributed by atoms with van der Waals surface area (Å²) in [7, 11) is 0. The zero-order chi connectivity index (χ0) is 21.9. The van der Waals surface area contributed by atoms with E-state index in [0.717, 1.165) is 28.1 Å². The summed E-state index contributed by atoms with van der Waals surface area (Å²) < 4.78 is 14.2. The van der Waals surface area contributed by atoms with Crippen molar-refractivity contribution in [1.82, 2.24) is 9.38 Å². The molecular weight excluding hydrogens is 420 g/mol. The van der Waals surface area contributed by atoms with E-state index < -0.39 is 0 Å². The van der Waals surface area contributed by atoms with E-state index in [1.54, 1.807) is 4.40 Å². The highest BCUT2D eigenvalue weighted by Crippen LogP contribution is 2.21. The molecule has 0 aliphatic heterocycles. The molecule has 0 fully saturated rings. The van der Waals surface area contributed by atoms with Gasteiger partial charge in [-0.2, -0.15) is 0 Å². The lowest BCUT2D eigenvalue weighted by molar-refractivity contribution is 0.188. The van der Waals surface area contributed by atoms with Crippen LogP contribution in [0, 0.1) is 5.92 Å². The maximum Gasteiger partial charge on any atom is 0.274 e. The summed E-state index contributed by atoms with van der Waals surface area (Å²) in [4.78, 5) is 18.3. The van der Waals surface area contributed by atoms with E-state index in [9.17, 15) is 4.79 Å². The van der Waals surface area contributed by atoms with Crippen LogP contribution in [0.3, 0.4) is 0 Å². The Labute approximate surface area is 189 Å². The van der Waals surface area contributed by atoms with Gasteiger partial charge in [0.05, 0.1) is 28.8 Å². The molecule has 0 saturated heterocycles. The van der Waals surface area contributed by atoms with E-state index in [-0.39, 0.29) is 11.5 Å². The molecule has 1 atom stereocenters. The maximum absolute atomic E-state index is 13.0. The molecule has 2 heterocycles. The van der Waals surface area contributed by atoms with Crippen LogP contribution in [0.2, 0.25) is 0 Å². The number of nitrogens with zero attached hydrogens (tertiary/aromatic N) is 2. The van der Waals surface area contributed by atoms with Crippen molar-refractivity contribution in [2.45, 2.75) is 6.92 Å². The van der Waals surface area contributed by atoms with E-state index in [1.165, 1.54) is 11.3 Å².